The van der Waals surface area contributed by atoms with Crippen molar-refractivity contribution in [2.24, 2.45) is 11.1 Å². The van der Waals surface area contributed by atoms with Gasteiger partial charge in [0.05, 0.1) is 21.5 Å². The van der Waals surface area contributed by atoms with Gasteiger partial charge in [-0.1, -0.05) is 23.2 Å². The zero-order valence-corrected chi connectivity index (χ0v) is 13.0. The molecule has 0 radical (unpaired) electrons. The molecule has 1 saturated heterocycles. The average molecular weight is 338 g/mol. The van der Waals surface area contributed by atoms with Gasteiger partial charge in [-0.15, -0.1) is 0 Å². The van der Waals surface area contributed by atoms with Crippen LogP contribution >= 0.6 is 23.2 Å². The molecule has 1 fully saturated rings. The molecule has 0 spiro atoms. The van der Waals surface area contributed by atoms with Crippen LogP contribution in [-0.2, 0) is 14.8 Å². The smallest absolute Gasteiger partial charge is 0.228 e. The Morgan fingerprint density at radius 2 is 2.10 bits per heavy atom. The molecule has 1 atom stereocenters. The van der Waals surface area contributed by atoms with Crippen LogP contribution in [-0.4, -0.2) is 31.6 Å². The Morgan fingerprint density at radius 3 is 2.70 bits per heavy atom. The first-order chi connectivity index (χ1) is 9.17. The molecule has 0 saturated carbocycles. The van der Waals surface area contributed by atoms with E-state index in [1.807, 2.05) is 0 Å². The molecule has 1 aromatic heterocycles. The van der Waals surface area contributed by atoms with Gasteiger partial charge in [0, 0.05) is 18.9 Å². The number of anilines is 1. The predicted octanol–water partition coefficient (Wildman–Crippen LogP) is 1.34. The molecule has 9 heteroatoms. The highest BCUT2D eigenvalue weighted by molar-refractivity contribution is 7.89. The molecule has 1 amide bonds. The van der Waals surface area contributed by atoms with Crippen molar-refractivity contribution in [3.05, 3.63) is 21.8 Å². The van der Waals surface area contributed by atoms with Gasteiger partial charge in [0.15, 0.2) is 5.82 Å². The first-order valence-corrected chi connectivity index (χ1v) is 8.28. The van der Waals surface area contributed by atoms with Crippen molar-refractivity contribution in [3.8, 4) is 0 Å². The molecule has 2 rings (SSSR count). The molecule has 0 aromatic carbocycles. The Labute approximate surface area is 126 Å². The van der Waals surface area contributed by atoms with Gasteiger partial charge in [0.25, 0.3) is 0 Å². The summed E-state index contributed by atoms with van der Waals surface area (Å²) >= 11 is 11.9. The topological polar surface area (TPSA) is 93.4 Å². The van der Waals surface area contributed by atoms with Gasteiger partial charge in [-0.2, -0.15) is 0 Å². The van der Waals surface area contributed by atoms with E-state index >= 15 is 0 Å². The third kappa shape index (κ3) is 3.41. The number of hydrogen-bond donors (Lipinski definition) is 1. The summed E-state index contributed by atoms with van der Waals surface area (Å²) in [7, 11) is -3.61. The number of rotatable bonds is 3. The molecule has 1 unspecified atom stereocenters. The van der Waals surface area contributed by atoms with Crippen molar-refractivity contribution in [1.82, 2.24) is 4.98 Å². The van der Waals surface area contributed by atoms with Gasteiger partial charge < -0.3 is 0 Å². The molecular weight excluding hydrogens is 325 g/mol. The zero-order valence-electron chi connectivity index (χ0n) is 10.6. The van der Waals surface area contributed by atoms with Gasteiger partial charge in [-0.05, 0) is 13.0 Å². The van der Waals surface area contributed by atoms with Crippen LogP contribution in [0.3, 0.4) is 0 Å². The lowest BCUT2D eigenvalue weighted by Gasteiger charge is -2.17. The van der Waals surface area contributed by atoms with Crippen molar-refractivity contribution < 1.29 is 13.2 Å². The summed E-state index contributed by atoms with van der Waals surface area (Å²) in [4.78, 5) is 17.6. The number of pyridine rings is 1. The molecule has 20 heavy (non-hydrogen) atoms. The Morgan fingerprint density at radius 1 is 1.45 bits per heavy atom. The van der Waals surface area contributed by atoms with E-state index in [0.717, 1.165) is 0 Å². The van der Waals surface area contributed by atoms with Crippen molar-refractivity contribution in [2.45, 2.75) is 13.3 Å². The number of sulfonamides is 1. The maximum Gasteiger partial charge on any atom is 0.228 e. The Kier molecular flexibility index (Phi) is 4.24. The molecule has 1 aliphatic heterocycles. The number of amides is 1. The number of primary sulfonamides is 1. The summed E-state index contributed by atoms with van der Waals surface area (Å²) in [6, 6.07) is 1.51. The normalized spacial score (nSPS) is 19.7. The largest absolute Gasteiger partial charge is 0.295 e. The molecule has 1 aliphatic rings. The van der Waals surface area contributed by atoms with Crippen molar-refractivity contribution in [2.75, 3.05) is 17.2 Å². The van der Waals surface area contributed by atoms with Gasteiger partial charge in [0.1, 0.15) is 0 Å². The second-order valence-electron chi connectivity index (χ2n) is 4.77. The number of halogens is 2. The SMILES string of the molecule is Cc1nc(N2CC(CS(N)(=O)=O)CC2=O)c(Cl)cc1Cl. The van der Waals surface area contributed by atoms with E-state index in [1.54, 1.807) is 6.92 Å². The summed E-state index contributed by atoms with van der Waals surface area (Å²) in [6.45, 7) is 1.92. The second-order valence-corrected chi connectivity index (χ2v) is 7.24. The van der Waals surface area contributed by atoms with Gasteiger partial charge in [0.2, 0.25) is 15.9 Å². The minimum absolute atomic E-state index is 0.107. The van der Waals surface area contributed by atoms with E-state index in [0.29, 0.717) is 16.5 Å². The summed E-state index contributed by atoms with van der Waals surface area (Å²) in [5.41, 5.74) is 0.550. The fourth-order valence-corrected chi connectivity index (χ4v) is 3.50. The van der Waals surface area contributed by atoms with Crippen LogP contribution in [0.4, 0.5) is 5.82 Å². The molecule has 1 aromatic rings. The highest BCUT2D eigenvalue weighted by atomic mass is 35.5. The molecular formula is C11H13Cl2N3O3S. The van der Waals surface area contributed by atoms with Crippen LogP contribution in [0.15, 0.2) is 6.07 Å². The minimum Gasteiger partial charge on any atom is -0.295 e. The summed E-state index contributed by atoms with van der Waals surface area (Å²) < 4.78 is 22.2. The monoisotopic (exact) mass is 337 g/mol. The van der Waals surface area contributed by atoms with Crippen LogP contribution in [0.5, 0.6) is 0 Å². The third-order valence-corrected chi connectivity index (χ3v) is 4.61. The molecule has 0 bridgehead atoms. The predicted molar refractivity (Wildman–Crippen MR) is 77.4 cm³/mol. The Bertz CT molecular complexity index is 663. The highest BCUT2D eigenvalue weighted by Crippen LogP contribution is 2.32. The highest BCUT2D eigenvalue weighted by Gasteiger charge is 2.34. The molecule has 2 N–H and O–H groups in total. The summed E-state index contributed by atoms with van der Waals surface area (Å²) in [5, 5.41) is 5.67. The lowest BCUT2D eigenvalue weighted by atomic mass is 10.1. The fraction of sp³-hybridized carbons (Fsp3) is 0.455. The first-order valence-electron chi connectivity index (χ1n) is 5.81. The number of nitrogens with zero attached hydrogens (tertiary/aromatic N) is 2. The van der Waals surface area contributed by atoms with Crippen LogP contribution in [0, 0.1) is 12.8 Å². The third-order valence-electron chi connectivity index (χ3n) is 3.02. The number of aryl methyl sites for hydroxylation is 1. The van der Waals surface area contributed by atoms with Gasteiger partial charge >= 0.3 is 0 Å². The molecule has 6 nitrogen and oxygen atoms in total. The Balaban J connectivity index is 2.26. The zero-order chi connectivity index (χ0) is 15.1. The van der Waals surface area contributed by atoms with E-state index in [2.05, 4.69) is 4.98 Å². The van der Waals surface area contributed by atoms with E-state index in [9.17, 15) is 13.2 Å². The van der Waals surface area contributed by atoms with Gasteiger partial charge in [-0.3, -0.25) is 9.69 Å². The number of aromatic nitrogens is 1. The lowest BCUT2D eigenvalue weighted by molar-refractivity contribution is -0.117. The van der Waals surface area contributed by atoms with E-state index in [4.69, 9.17) is 28.3 Å². The standard InChI is InChI=1S/C11H13Cl2N3O3S/c1-6-8(12)3-9(13)11(15-6)16-4-7(2-10(16)17)5-20(14,18)19/h3,7H,2,4-5H2,1H3,(H2,14,18,19). The molecule has 0 aliphatic carbocycles. The minimum atomic E-state index is -3.61. The number of carbonyl (C=O) groups is 1. The molecule has 110 valence electrons. The summed E-state index contributed by atoms with van der Waals surface area (Å²) in [5.74, 6) is -0.518. The van der Waals surface area contributed by atoms with Crippen molar-refractivity contribution in [3.63, 3.8) is 0 Å². The van der Waals surface area contributed by atoms with Crippen LogP contribution in [0.1, 0.15) is 12.1 Å². The second kappa shape index (κ2) is 5.48. The van der Waals surface area contributed by atoms with Crippen molar-refractivity contribution >= 4 is 45.0 Å². The fourth-order valence-electron chi connectivity index (χ4n) is 2.16. The van der Waals surface area contributed by atoms with Crippen LogP contribution < -0.4 is 10.0 Å². The lowest BCUT2D eigenvalue weighted by Crippen LogP contribution is -2.28. The maximum absolute atomic E-state index is 12.0. The molecule has 2 heterocycles. The maximum atomic E-state index is 12.0. The first kappa shape index (κ1) is 15.5. The van der Waals surface area contributed by atoms with E-state index < -0.39 is 10.0 Å². The van der Waals surface area contributed by atoms with Crippen LogP contribution in [0.2, 0.25) is 10.0 Å². The Hall–Kier alpha value is -0.890. The number of nitrogens with two attached hydrogens (primary N) is 1. The van der Waals surface area contributed by atoms with Crippen LogP contribution in [0.25, 0.3) is 0 Å². The van der Waals surface area contributed by atoms with Gasteiger partial charge in [-0.25, -0.2) is 18.5 Å². The number of carbonyl (C=O) groups excluding carboxylic acids is 1. The van der Waals surface area contributed by atoms with Crippen molar-refractivity contribution in [1.29, 1.82) is 0 Å². The number of hydrogen-bond acceptors (Lipinski definition) is 4. The average Bonchev–Trinajstić information content (AvgIpc) is 2.62. The quantitative estimate of drug-likeness (QED) is 0.900. The van der Waals surface area contributed by atoms with E-state index in [-0.39, 0.29) is 35.6 Å². The summed E-state index contributed by atoms with van der Waals surface area (Å²) in [6.07, 6.45) is 0.107. The van der Waals surface area contributed by atoms with E-state index in [1.165, 1.54) is 11.0 Å².